The van der Waals surface area contributed by atoms with E-state index < -0.39 is 0 Å². The van der Waals surface area contributed by atoms with Crippen LogP contribution in [0.25, 0.3) is 0 Å². The van der Waals surface area contributed by atoms with Crippen LogP contribution in [0.15, 0.2) is 0 Å². The second-order valence-electron chi connectivity index (χ2n) is 2.53. The average molecular weight is 177 g/mol. The third kappa shape index (κ3) is 7.94. The highest BCUT2D eigenvalue weighted by molar-refractivity contribution is 4.46. The Morgan fingerprint density at radius 2 is 2.08 bits per heavy atom. The highest BCUT2D eigenvalue weighted by Gasteiger charge is 2.00. The molecule has 0 saturated heterocycles. The van der Waals surface area contributed by atoms with Crippen LogP contribution >= 0.6 is 0 Å². The van der Waals surface area contributed by atoms with Crippen molar-refractivity contribution in [2.45, 2.75) is 26.0 Å². The zero-order valence-electron chi connectivity index (χ0n) is 7.66. The Hall–Kier alpha value is -0.160. The molecule has 0 aromatic heterocycles. The molecular formula is C8H19NO3. The van der Waals surface area contributed by atoms with Gasteiger partial charge in [0.1, 0.15) is 6.23 Å². The maximum atomic E-state index is 8.39. The van der Waals surface area contributed by atoms with Gasteiger partial charge in [-0.05, 0) is 6.42 Å². The fourth-order valence-corrected chi connectivity index (χ4v) is 0.719. The van der Waals surface area contributed by atoms with E-state index in [-0.39, 0.29) is 12.8 Å². The Morgan fingerprint density at radius 3 is 2.67 bits per heavy atom. The van der Waals surface area contributed by atoms with Crippen LogP contribution in [0.4, 0.5) is 0 Å². The minimum absolute atomic E-state index is 0.0606. The third-order valence-corrected chi connectivity index (χ3v) is 1.32. The van der Waals surface area contributed by atoms with Crippen LogP contribution in [0.5, 0.6) is 0 Å². The van der Waals surface area contributed by atoms with E-state index in [0.29, 0.717) is 26.2 Å². The molecule has 0 aliphatic rings. The van der Waals surface area contributed by atoms with E-state index in [0.717, 1.165) is 6.42 Å². The van der Waals surface area contributed by atoms with Gasteiger partial charge in [-0.15, -0.1) is 0 Å². The Labute approximate surface area is 73.7 Å². The number of hydrogen-bond acceptors (Lipinski definition) is 4. The number of hydrogen-bond donors (Lipinski definition) is 2. The molecule has 74 valence electrons. The highest BCUT2D eigenvalue weighted by atomic mass is 16.5. The standard InChI is InChI=1S/C8H19NO3/c1-2-5-12-8(9)3-6-11-7-4-10/h8,10H,2-7,9H2,1H3. The second kappa shape index (κ2) is 8.93. The molecule has 0 amide bonds. The molecule has 0 fully saturated rings. The van der Waals surface area contributed by atoms with Gasteiger partial charge in [0, 0.05) is 13.0 Å². The number of rotatable bonds is 8. The minimum atomic E-state index is -0.233. The van der Waals surface area contributed by atoms with Crippen molar-refractivity contribution in [1.29, 1.82) is 0 Å². The predicted octanol–water partition coefficient (Wildman–Crippen LogP) is 0.0968. The van der Waals surface area contributed by atoms with E-state index in [9.17, 15) is 0 Å². The van der Waals surface area contributed by atoms with Gasteiger partial charge in [-0.1, -0.05) is 6.92 Å². The number of ether oxygens (including phenoxy) is 2. The Bertz CT molecular complexity index is 90.4. The smallest absolute Gasteiger partial charge is 0.107 e. The fraction of sp³-hybridized carbons (Fsp3) is 1.00. The first kappa shape index (κ1) is 11.8. The van der Waals surface area contributed by atoms with E-state index in [1.165, 1.54) is 0 Å². The number of aliphatic hydroxyl groups is 1. The summed E-state index contributed by atoms with van der Waals surface area (Å²) in [6, 6.07) is 0. The molecule has 0 aliphatic heterocycles. The van der Waals surface area contributed by atoms with Crippen molar-refractivity contribution < 1.29 is 14.6 Å². The molecule has 0 aromatic rings. The first-order chi connectivity index (χ1) is 5.81. The van der Waals surface area contributed by atoms with Crippen LogP contribution in [0.2, 0.25) is 0 Å². The summed E-state index contributed by atoms with van der Waals surface area (Å²) >= 11 is 0. The van der Waals surface area contributed by atoms with Gasteiger partial charge in [0.2, 0.25) is 0 Å². The molecule has 0 heterocycles. The quantitative estimate of drug-likeness (QED) is 0.407. The molecule has 1 unspecified atom stereocenters. The van der Waals surface area contributed by atoms with E-state index in [2.05, 4.69) is 0 Å². The summed E-state index contributed by atoms with van der Waals surface area (Å²) in [6.07, 6.45) is 1.43. The zero-order valence-corrected chi connectivity index (χ0v) is 7.66. The van der Waals surface area contributed by atoms with Crippen LogP contribution < -0.4 is 5.73 Å². The van der Waals surface area contributed by atoms with Gasteiger partial charge >= 0.3 is 0 Å². The van der Waals surface area contributed by atoms with Crippen molar-refractivity contribution in [3.63, 3.8) is 0 Å². The van der Waals surface area contributed by atoms with Crippen molar-refractivity contribution in [2.75, 3.05) is 26.4 Å². The zero-order chi connectivity index (χ0) is 9.23. The minimum Gasteiger partial charge on any atom is -0.394 e. The van der Waals surface area contributed by atoms with Gasteiger partial charge in [0.05, 0.1) is 19.8 Å². The van der Waals surface area contributed by atoms with Gasteiger partial charge in [0.25, 0.3) is 0 Å². The largest absolute Gasteiger partial charge is 0.394 e. The van der Waals surface area contributed by atoms with E-state index >= 15 is 0 Å². The Kier molecular flexibility index (Phi) is 8.81. The summed E-state index contributed by atoms with van der Waals surface area (Å²) < 4.78 is 10.2. The molecule has 4 heteroatoms. The molecule has 1 atom stereocenters. The van der Waals surface area contributed by atoms with E-state index in [4.69, 9.17) is 20.3 Å². The molecular weight excluding hydrogens is 158 g/mol. The van der Waals surface area contributed by atoms with Gasteiger partial charge in [0.15, 0.2) is 0 Å². The molecule has 0 radical (unpaired) electrons. The van der Waals surface area contributed by atoms with Crippen LogP contribution in [0, 0.1) is 0 Å². The summed E-state index contributed by atoms with van der Waals surface area (Å²) in [4.78, 5) is 0. The molecule has 0 spiro atoms. The molecule has 0 bridgehead atoms. The Balaban J connectivity index is 3.02. The molecule has 0 saturated carbocycles. The van der Waals surface area contributed by atoms with Gasteiger partial charge < -0.3 is 20.3 Å². The SMILES string of the molecule is CCCOC(N)CCOCCO. The normalized spacial score (nSPS) is 13.2. The van der Waals surface area contributed by atoms with Crippen LogP contribution in [-0.2, 0) is 9.47 Å². The van der Waals surface area contributed by atoms with Crippen molar-refractivity contribution in [1.82, 2.24) is 0 Å². The maximum absolute atomic E-state index is 8.39. The lowest BCUT2D eigenvalue weighted by Gasteiger charge is -2.11. The lowest BCUT2D eigenvalue weighted by molar-refractivity contribution is 0.0187. The monoisotopic (exact) mass is 177 g/mol. The summed E-state index contributed by atoms with van der Waals surface area (Å²) in [5.74, 6) is 0. The van der Waals surface area contributed by atoms with Crippen molar-refractivity contribution in [2.24, 2.45) is 5.73 Å². The molecule has 0 aromatic carbocycles. The van der Waals surface area contributed by atoms with Crippen molar-refractivity contribution >= 4 is 0 Å². The third-order valence-electron chi connectivity index (χ3n) is 1.32. The molecule has 4 nitrogen and oxygen atoms in total. The van der Waals surface area contributed by atoms with E-state index in [1.807, 2.05) is 6.92 Å². The second-order valence-corrected chi connectivity index (χ2v) is 2.53. The topological polar surface area (TPSA) is 64.7 Å². The summed E-state index contributed by atoms with van der Waals surface area (Å²) in [5, 5.41) is 8.39. The van der Waals surface area contributed by atoms with Gasteiger partial charge in [-0.2, -0.15) is 0 Å². The van der Waals surface area contributed by atoms with Crippen LogP contribution in [0.1, 0.15) is 19.8 Å². The van der Waals surface area contributed by atoms with Crippen molar-refractivity contribution in [3.8, 4) is 0 Å². The van der Waals surface area contributed by atoms with E-state index in [1.54, 1.807) is 0 Å². The predicted molar refractivity (Wildman–Crippen MR) is 46.7 cm³/mol. The first-order valence-corrected chi connectivity index (χ1v) is 4.37. The summed E-state index contributed by atoms with van der Waals surface area (Å²) in [5.41, 5.74) is 5.58. The van der Waals surface area contributed by atoms with Crippen molar-refractivity contribution in [3.05, 3.63) is 0 Å². The Morgan fingerprint density at radius 1 is 1.33 bits per heavy atom. The number of nitrogens with two attached hydrogens (primary N) is 1. The molecule has 3 N–H and O–H groups in total. The number of aliphatic hydroxyl groups excluding tert-OH is 1. The average Bonchev–Trinajstić information content (AvgIpc) is 2.09. The fourth-order valence-electron chi connectivity index (χ4n) is 0.719. The van der Waals surface area contributed by atoms with Gasteiger partial charge in [-0.25, -0.2) is 0 Å². The lowest BCUT2D eigenvalue weighted by Crippen LogP contribution is -2.26. The lowest BCUT2D eigenvalue weighted by atomic mass is 10.4. The van der Waals surface area contributed by atoms with Gasteiger partial charge in [-0.3, -0.25) is 0 Å². The summed E-state index contributed by atoms with van der Waals surface area (Å²) in [7, 11) is 0. The molecule has 12 heavy (non-hydrogen) atoms. The summed E-state index contributed by atoms with van der Waals surface area (Å²) in [6.45, 7) is 3.72. The maximum Gasteiger partial charge on any atom is 0.107 e. The first-order valence-electron chi connectivity index (χ1n) is 4.37. The highest BCUT2D eigenvalue weighted by Crippen LogP contribution is 1.92. The van der Waals surface area contributed by atoms with Crippen LogP contribution in [0.3, 0.4) is 0 Å². The molecule has 0 rings (SSSR count). The molecule has 0 aliphatic carbocycles. The van der Waals surface area contributed by atoms with Crippen LogP contribution in [-0.4, -0.2) is 37.8 Å².